The SMILES string of the molecule is CC1NC(=O)CCC1NC(=O)c1ccccc1Oc1cnn(C)c1. The molecule has 2 N–H and O–H groups in total. The van der Waals surface area contributed by atoms with E-state index in [1.807, 2.05) is 13.0 Å². The molecule has 1 fully saturated rings. The Bertz CT molecular complexity index is 756. The lowest BCUT2D eigenvalue weighted by atomic mass is 9.99. The number of nitrogens with zero attached hydrogens (tertiary/aromatic N) is 2. The Morgan fingerprint density at radius 3 is 2.92 bits per heavy atom. The number of aryl methyl sites for hydroxylation is 1. The summed E-state index contributed by atoms with van der Waals surface area (Å²) in [5.74, 6) is 0.836. The minimum atomic E-state index is -0.220. The number of hydrogen-bond donors (Lipinski definition) is 2. The number of ether oxygens (including phenoxy) is 1. The van der Waals surface area contributed by atoms with Crippen LogP contribution in [0.25, 0.3) is 0 Å². The third-order valence-electron chi connectivity index (χ3n) is 4.03. The van der Waals surface area contributed by atoms with Gasteiger partial charge in [-0.3, -0.25) is 14.3 Å². The molecule has 3 rings (SSSR count). The fourth-order valence-corrected chi connectivity index (χ4v) is 2.73. The van der Waals surface area contributed by atoms with Crippen LogP contribution in [-0.2, 0) is 11.8 Å². The molecule has 2 amide bonds. The fourth-order valence-electron chi connectivity index (χ4n) is 2.73. The zero-order valence-electron chi connectivity index (χ0n) is 13.7. The van der Waals surface area contributed by atoms with Gasteiger partial charge in [-0.05, 0) is 25.5 Å². The highest BCUT2D eigenvalue weighted by Gasteiger charge is 2.27. The standard InChI is InChI=1S/C17H20N4O3/c1-11-14(7-8-16(22)19-11)20-17(23)13-5-3-4-6-15(13)24-12-9-18-21(2)10-12/h3-6,9-11,14H,7-8H2,1-2H3,(H,19,22)(H,20,23). The molecule has 2 atom stereocenters. The van der Waals surface area contributed by atoms with Crippen molar-refractivity contribution in [2.45, 2.75) is 31.8 Å². The Morgan fingerprint density at radius 1 is 1.42 bits per heavy atom. The van der Waals surface area contributed by atoms with Crippen LogP contribution in [0.3, 0.4) is 0 Å². The van der Waals surface area contributed by atoms with Crippen molar-refractivity contribution in [3.05, 3.63) is 42.2 Å². The monoisotopic (exact) mass is 328 g/mol. The van der Waals surface area contributed by atoms with E-state index >= 15 is 0 Å². The van der Waals surface area contributed by atoms with Gasteiger partial charge in [-0.2, -0.15) is 5.10 Å². The number of nitrogens with one attached hydrogen (secondary N) is 2. The second-order valence-electron chi connectivity index (χ2n) is 5.92. The number of rotatable bonds is 4. The van der Waals surface area contributed by atoms with Crippen LogP contribution in [0.4, 0.5) is 0 Å². The number of hydrogen-bond acceptors (Lipinski definition) is 4. The summed E-state index contributed by atoms with van der Waals surface area (Å²) in [6.45, 7) is 1.89. The van der Waals surface area contributed by atoms with Crippen molar-refractivity contribution in [1.29, 1.82) is 0 Å². The van der Waals surface area contributed by atoms with Gasteiger partial charge in [-0.15, -0.1) is 0 Å². The van der Waals surface area contributed by atoms with Gasteiger partial charge in [0.2, 0.25) is 5.91 Å². The van der Waals surface area contributed by atoms with Gasteiger partial charge in [-0.1, -0.05) is 12.1 Å². The van der Waals surface area contributed by atoms with Crippen LogP contribution in [-0.4, -0.2) is 33.7 Å². The van der Waals surface area contributed by atoms with Crippen molar-refractivity contribution in [2.75, 3.05) is 0 Å². The highest BCUT2D eigenvalue weighted by Crippen LogP contribution is 2.25. The van der Waals surface area contributed by atoms with Crippen molar-refractivity contribution in [3.8, 4) is 11.5 Å². The van der Waals surface area contributed by atoms with E-state index in [0.29, 0.717) is 29.9 Å². The zero-order valence-corrected chi connectivity index (χ0v) is 13.7. The number of piperidine rings is 1. The molecule has 1 aliphatic rings. The van der Waals surface area contributed by atoms with Gasteiger partial charge in [0.25, 0.3) is 5.91 Å². The highest BCUT2D eigenvalue weighted by atomic mass is 16.5. The molecule has 24 heavy (non-hydrogen) atoms. The van der Waals surface area contributed by atoms with Gasteiger partial charge in [0, 0.05) is 25.6 Å². The molecular weight excluding hydrogens is 308 g/mol. The molecule has 0 radical (unpaired) electrons. The van der Waals surface area contributed by atoms with Crippen LogP contribution >= 0.6 is 0 Å². The molecule has 2 aromatic rings. The van der Waals surface area contributed by atoms with Gasteiger partial charge in [0.1, 0.15) is 5.75 Å². The van der Waals surface area contributed by atoms with Crippen LogP contribution in [0.1, 0.15) is 30.1 Å². The van der Waals surface area contributed by atoms with Crippen LogP contribution in [0, 0.1) is 0 Å². The second kappa shape index (κ2) is 6.74. The van der Waals surface area contributed by atoms with Crippen LogP contribution in [0.2, 0.25) is 0 Å². The Hall–Kier alpha value is -2.83. The first-order valence-electron chi connectivity index (χ1n) is 7.88. The average molecular weight is 328 g/mol. The first-order valence-corrected chi connectivity index (χ1v) is 7.88. The van der Waals surface area contributed by atoms with Crippen molar-refractivity contribution < 1.29 is 14.3 Å². The highest BCUT2D eigenvalue weighted by molar-refractivity contribution is 5.97. The van der Waals surface area contributed by atoms with E-state index in [4.69, 9.17) is 4.74 Å². The maximum Gasteiger partial charge on any atom is 0.255 e. The van der Waals surface area contributed by atoms with Crippen LogP contribution < -0.4 is 15.4 Å². The molecule has 2 unspecified atom stereocenters. The summed E-state index contributed by atoms with van der Waals surface area (Å²) in [5.41, 5.74) is 0.449. The molecule has 0 saturated carbocycles. The lowest BCUT2D eigenvalue weighted by Gasteiger charge is -2.30. The normalized spacial score (nSPS) is 20.3. The topological polar surface area (TPSA) is 85.2 Å². The predicted octanol–water partition coefficient (Wildman–Crippen LogP) is 1.61. The van der Waals surface area contributed by atoms with E-state index in [2.05, 4.69) is 15.7 Å². The third kappa shape index (κ3) is 3.56. The number of carbonyl (C=O) groups is 2. The number of para-hydroxylation sites is 1. The van der Waals surface area contributed by atoms with E-state index < -0.39 is 0 Å². The molecule has 7 heteroatoms. The Balaban J connectivity index is 1.74. The fraction of sp³-hybridized carbons (Fsp3) is 0.353. The van der Waals surface area contributed by atoms with E-state index in [9.17, 15) is 9.59 Å². The van der Waals surface area contributed by atoms with E-state index in [1.54, 1.807) is 42.3 Å². The first kappa shape index (κ1) is 16.0. The summed E-state index contributed by atoms with van der Waals surface area (Å²) in [4.78, 5) is 24.0. The minimum Gasteiger partial charge on any atom is -0.453 e. The molecule has 126 valence electrons. The molecule has 1 saturated heterocycles. The molecule has 1 aromatic heterocycles. The molecule has 1 aromatic carbocycles. The van der Waals surface area contributed by atoms with Gasteiger partial charge < -0.3 is 15.4 Å². The maximum atomic E-state index is 12.6. The van der Waals surface area contributed by atoms with E-state index in [-0.39, 0.29) is 23.9 Å². The number of aromatic nitrogens is 2. The smallest absolute Gasteiger partial charge is 0.255 e. The summed E-state index contributed by atoms with van der Waals surface area (Å²) in [7, 11) is 1.80. The van der Waals surface area contributed by atoms with Crippen molar-refractivity contribution >= 4 is 11.8 Å². The lowest BCUT2D eigenvalue weighted by Crippen LogP contribution is -2.53. The Morgan fingerprint density at radius 2 is 2.21 bits per heavy atom. The molecule has 0 aliphatic carbocycles. The summed E-state index contributed by atoms with van der Waals surface area (Å²) in [6, 6.07) is 6.87. The van der Waals surface area contributed by atoms with Crippen molar-refractivity contribution in [1.82, 2.24) is 20.4 Å². The molecule has 2 heterocycles. The molecule has 7 nitrogen and oxygen atoms in total. The quantitative estimate of drug-likeness (QED) is 0.893. The van der Waals surface area contributed by atoms with Gasteiger partial charge in [0.15, 0.2) is 5.75 Å². The summed E-state index contributed by atoms with van der Waals surface area (Å²) >= 11 is 0. The van der Waals surface area contributed by atoms with Crippen LogP contribution in [0.15, 0.2) is 36.7 Å². The maximum absolute atomic E-state index is 12.6. The minimum absolute atomic E-state index is 0.0216. The summed E-state index contributed by atoms with van der Waals surface area (Å²) < 4.78 is 7.40. The zero-order chi connectivity index (χ0) is 17.1. The molecule has 0 spiro atoms. The van der Waals surface area contributed by atoms with Gasteiger partial charge >= 0.3 is 0 Å². The summed E-state index contributed by atoms with van der Waals surface area (Å²) in [6.07, 6.45) is 4.37. The number of benzene rings is 1. The van der Waals surface area contributed by atoms with Crippen molar-refractivity contribution in [2.24, 2.45) is 7.05 Å². The predicted molar refractivity (Wildman–Crippen MR) is 87.8 cm³/mol. The van der Waals surface area contributed by atoms with Gasteiger partial charge in [-0.25, -0.2) is 0 Å². The molecule has 0 bridgehead atoms. The average Bonchev–Trinajstić information content (AvgIpc) is 2.95. The molecule has 1 aliphatic heterocycles. The molecular formula is C17H20N4O3. The number of amides is 2. The van der Waals surface area contributed by atoms with E-state index in [0.717, 1.165) is 0 Å². The third-order valence-corrected chi connectivity index (χ3v) is 4.03. The second-order valence-corrected chi connectivity index (χ2v) is 5.92. The number of carbonyl (C=O) groups excluding carboxylic acids is 2. The van der Waals surface area contributed by atoms with Crippen LogP contribution in [0.5, 0.6) is 11.5 Å². The van der Waals surface area contributed by atoms with Gasteiger partial charge in [0.05, 0.1) is 18.0 Å². The van der Waals surface area contributed by atoms with Crippen molar-refractivity contribution in [3.63, 3.8) is 0 Å². The largest absolute Gasteiger partial charge is 0.453 e. The summed E-state index contributed by atoms with van der Waals surface area (Å²) in [5, 5.41) is 9.88. The lowest BCUT2D eigenvalue weighted by molar-refractivity contribution is -0.123. The Labute approximate surface area is 140 Å². The first-order chi connectivity index (χ1) is 11.5. The van der Waals surface area contributed by atoms with E-state index in [1.165, 1.54) is 0 Å². The Kier molecular flexibility index (Phi) is 4.50.